The van der Waals surface area contributed by atoms with Crippen LogP contribution >= 0.6 is 0 Å². The number of carbonyl (C=O) groups excluding carboxylic acids is 2. The first kappa shape index (κ1) is 24.2. The smallest absolute Gasteiger partial charge is 0.295 e. The first-order valence-electron chi connectivity index (χ1n) is 11.4. The maximum atomic E-state index is 13.2. The van der Waals surface area contributed by atoms with Crippen LogP contribution in [-0.4, -0.2) is 57.9 Å². The summed E-state index contributed by atoms with van der Waals surface area (Å²) in [6.45, 7) is 8.50. The lowest BCUT2D eigenvalue weighted by Gasteiger charge is -2.25. The molecule has 1 fully saturated rings. The quantitative estimate of drug-likeness (QED) is 0.165. The van der Waals surface area contributed by atoms with Gasteiger partial charge in [0, 0.05) is 26.5 Å². The van der Waals surface area contributed by atoms with Crippen molar-refractivity contribution in [2.45, 2.75) is 26.3 Å². The Morgan fingerprint density at radius 2 is 1.94 bits per heavy atom. The van der Waals surface area contributed by atoms with Crippen molar-refractivity contribution in [3.05, 3.63) is 83.3 Å². The highest BCUT2D eigenvalue weighted by molar-refractivity contribution is 6.46. The van der Waals surface area contributed by atoms with Gasteiger partial charge in [-0.25, -0.2) is 4.98 Å². The Labute approximate surface area is 204 Å². The fourth-order valence-corrected chi connectivity index (χ4v) is 4.41. The molecule has 1 aromatic carbocycles. The molecule has 1 unspecified atom stereocenters. The van der Waals surface area contributed by atoms with Gasteiger partial charge in [0.15, 0.2) is 5.76 Å². The molecule has 0 spiro atoms. The summed E-state index contributed by atoms with van der Waals surface area (Å²) in [5.74, 6) is -1.03. The highest BCUT2D eigenvalue weighted by atomic mass is 16.5. The van der Waals surface area contributed by atoms with Gasteiger partial charge < -0.3 is 23.9 Å². The number of hydrogen-bond donors (Lipinski definition) is 1. The van der Waals surface area contributed by atoms with Gasteiger partial charge in [-0.15, -0.1) is 0 Å². The van der Waals surface area contributed by atoms with Gasteiger partial charge in [0.1, 0.15) is 23.7 Å². The lowest BCUT2D eigenvalue weighted by Crippen LogP contribution is -2.31. The van der Waals surface area contributed by atoms with Crippen molar-refractivity contribution < 1.29 is 24.2 Å². The molecule has 182 valence electrons. The zero-order valence-electron chi connectivity index (χ0n) is 20.2. The molecule has 1 N–H and O–H groups in total. The molecule has 1 aliphatic heterocycles. The number of amides is 1. The van der Waals surface area contributed by atoms with E-state index in [1.807, 2.05) is 36.6 Å². The lowest BCUT2D eigenvalue weighted by atomic mass is 9.96. The first-order chi connectivity index (χ1) is 16.9. The number of aliphatic hydroxyl groups excluding tert-OH is 1. The average Bonchev–Trinajstić information content (AvgIpc) is 3.33. The molecule has 4 rings (SSSR count). The van der Waals surface area contributed by atoms with Crippen LogP contribution in [0.15, 0.2) is 60.8 Å². The van der Waals surface area contributed by atoms with Gasteiger partial charge in [0.25, 0.3) is 11.7 Å². The van der Waals surface area contributed by atoms with Gasteiger partial charge >= 0.3 is 0 Å². The summed E-state index contributed by atoms with van der Waals surface area (Å²) in [6, 6.07) is 10.2. The number of aliphatic hydroxyl groups is 1. The summed E-state index contributed by atoms with van der Waals surface area (Å²) >= 11 is 0. The van der Waals surface area contributed by atoms with Crippen LogP contribution in [0.25, 0.3) is 11.4 Å². The number of pyridine rings is 1. The Morgan fingerprint density at radius 3 is 2.60 bits per heavy atom. The molecule has 3 aromatic rings. The number of ether oxygens (including phenoxy) is 2. The van der Waals surface area contributed by atoms with Crippen LogP contribution in [0, 0.1) is 13.8 Å². The van der Waals surface area contributed by atoms with Gasteiger partial charge in [-0.3, -0.25) is 9.59 Å². The molecule has 35 heavy (non-hydrogen) atoms. The second-order valence-corrected chi connectivity index (χ2v) is 8.44. The average molecular weight is 476 g/mol. The molecule has 8 nitrogen and oxygen atoms in total. The van der Waals surface area contributed by atoms with E-state index in [2.05, 4.69) is 11.6 Å². The number of methoxy groups -OCH3 is 1. The topological polar surface area (TPSA) is 93.4 Å². The number of carbonyl (C=O) groups is 2. The van der Waals surface area contributed by atoms with Crippen molar-refractivity contribution >= 4 is 23.1 Å². The fraction of sp³-hybridized carbons (Fsp3) is 0.296. The van der Waals surface area contributed by atoms with E-state index in [-0.39, 0.29) is 17.0 Å². The predicted octanol–water partition coefficient (Wildman–Crippen LogP) is 3.97. The first-order valence-corrected chi connectivity index (χ1v) is 11.4. The van der Waals surface area contributed by atoms with E-state index >= 15 is 0 Å². The molecule has 0 aliphatic carbocycles. The summed E-state index contributed by atoms with van der Waals surface area (Å²) in [6.07, 6.45) is 4.05. The Balaban J connectivity index is 1.84. The molecular formula is C27H29N3O5. The van der Waals surface area contributed by atoms with E-state index < -0.39 is 17.7 Å². The number of aryl methyl sites for hydroxylation is 2. The van der Waals surface area contributed by atoms with Gasteiger partial charge in [-0.2, -0.15) is 0 Å². The molecule has 0 bridgehead atoms. The van der Waals surface area contributed by atoms with Crippen molar-refractivity contribution in [1.29, 1.82) is 0 Å². The number of ketones is 1. The number of nitrogens with zero attached hydrogens (tertiary/aromatic N) is 3. The standard InChI is InChI=1S/C27H29N3O5/c1-5-15-35-20-11-9-19(10-12-20)23-21(25(32)27(33)30(23)14-7-16-34-4)24(31)22-18(3)29-13-6-8-17(2)26(29)28-22/h5-6,8-13,23,31H,1,7,14-16H2,2-4H3/b24-21+. The minimum absolute atomic E-state index is 0.0244. The number of Topliss-reactive ketones (excluding diaryl/α,β-unsaturated/α-hetero) is 1. The van der Waals surface area contributed by atoms with Crippen molar-refractivity contribution in [2.24, 2.45) is 0 Å². The molecule has 1 amide bonds. The summed E-state index contributed by atoms with van der Waals surface area (Å²) in [5.41, 5.74) is 3.29. The molecule has 1 aliphatic rings. The van der Waals surface area contributed by atoms with E-state index in [9.17, 15) is 14.7 Å². The number of hydrogen-bond acceptors (Lipinski definition) is 6. The molecule has 8 heteroatoms. The van der Waals surface area contributed by atoms with E-state index in [1.54, 1.807) is 37.5 Å². The van der Waals surface area contributed by atoms with Crippen molar-refractivity contribution in [2.75, 3.05) is 26.9 Å². The lowest BCUT2D eigenvalue weighted by molar-refractivity contribution is -0.140. The van der Waals surface area contributed by atoms with Crippen LogP contribution in [0.5, 0.6) is 5.75 Å². The third kappa shape index (κ3) is 4.44. The van der Waals surface area contributed by atoms with Crippen LogP contribution in [0.4, 0.5) is 0 Å². The summed E-state index contributed by atoms with van der Waals surface area (Å²) in [4.78, 5) is 32.4. The normalized spacial score (nSPS) is 17.3. The summed E-state index contributed by atoms with van der Waals surface area (Å²) in [5, 5.41) is 11.4. The number of benzene rings is 1. The number of aromatic nitrogens is 2. The molecule has 3 heterocycles. The minimum atomic E-state index is -0.759. The molecule has 0 radical (unpaired) electrons. The highest BCUT2D eigenvalue weighted by Crippen LogP contribution is 2.40. The Hall–Kier alpha value is -3.91. The van der Waals surface area contributed by atoms with Crippen molar-refractivity contribution in [3.8, 4) is 5.75 Å². The zero-order valence-corrected chi connectivity index (χ0v) is 20.2. The monoisotopic (exact) mass is 475 g/mol. The maximum absolute atomic E-state index is 13.2. The van der Waals surface area contributed by atoms with E-state index in [1.165, 1.54) is 4.90 Å². The largest absolute Gasteiger partial charge is 0.505 e. The third-order valence-electron chi connectivity index (χ3n) is 6.16. The number of rotatable bonds is 9. The molecule has 1 saturated heterocycles. The van der Waals surface area contributed by atoms with Crippen molar-refractivity contribution in [1.82, 2.24) is 14.3 Å². The SMILES string of the molecule is C=CCOc1ccc(C2/C(=C(\O)c3nc4c(C)cccn4c3C)C(=O)C(=O)N2CCCOC)cc1. The van der Waals surface area contributed by atoms with Crippen LogP contribution in [0.1, 0.15) is 35.0 Å². The number of imidazole rings is 1. The fourth-order valence-electron chi connectivity index (χ4n) is 4.41. The molecular weight excluding hydrogens is 446 g/mol. The Morgan fingerprint density at radius 1 is 1.20 bits per heavy atom. The van der Waals surface area contributed by atoms with Crippen LogP contribution in [0.2, 0.25) is 0 Å². The van der Waals surface area contributed by atoms with Crippen LogP contribution in [-0.2, 0) is 14.3 Å². The van der Waals surface area contributed by atoms with Gasteiger partial charge in [-0.05, 0) is 49.6 Å². The Kier molecular flexibility index (Phi) is 7.02. The number of likely N-dealkylation sites (tertiary alicyclic amines) is 1. The zero-order chi connectivity index (χ0) is 25.1. The third-order valence-corrected chi connectivity index (χ3v) is 6.16. The molecule has 0 saturated carbocycles. The van der Waals surface area contributed by atoms with Gasteiger partial charge in [0.05, 0.1) is 17.3 Å². The van der Waals surface area contributed by atoms with E-state index in [0.717, 1.165) is 5.56 Å². The Bertz CT molecular complexity index is 1310. The van der Waals surface area contributed by atoms with Gasteiger partial charge in [0.2, 0.25) is 0 Å². The van der Waals surface area contributed by atoms with E-state index in [4.69, 9.17) is 9.47 Å². The minimum Gasteiger partial charge on any atom is -0.505 e. The maximum Gasteiger partial charge on any atom is 0.295 e. The summed E-state index contributed by atoms with van der Waals surface area (Å²) < 4.78 is 12.6. The summed E-state index contributed by atoms with van der Waals surface area (Å²) in [7, 11) is 1.59. The second kappa shape index (κ2) is 10.1. The predicted molar refractivity (Wildman–Crippen MR) is 132 cm³/mol. The van der Waals surface area contributed by atoms with Crippen LogP contribution in [0.3, 0.4) is 0 Å². The van der Waals surface area contributed by atoms with Gasteiger partial charge in [-0.1, -0.05) is 30.9 Å². The van der Waals surface area contributed by atoms with Crippen molar-refractivity contribution in [3.63, 3.8) is 0 Å². The second-order valence-electron chi connectivity index (χ2n) is 8.44. The highest BCUT2D eigenvalue weighted by Gasteiger charge is 2.46. The number of fused-ring (bicyclic) bond motifs is 1. The molecule has 1 atom stereocenters. The van der Waals surface area contributed by atoms with Crippen LogP contribution < -0.4 is 4.74 Å². The van der Waals surface area contributed by atoms with E-state index in [0.29, 0.717) is 48.8 Å². The molecule has 2 aromatic heterocycles.